The molecular weight excluding hydrogens is 258 g/mol. The minimum absolute atomic E-state index is 0.00904. The summed E-state index contributed by atoms with van der Waals surface area (Å²) in [5.74, 6) is -0.0963. The summed E-state index contributed by atoms with van der Waals surface area (Å²) in [4.78, 5) is 27.3. The number of rotatable bonds is 2. The molecule has 0 aromatic heterocycles. The van der Waals surface area contributed by atoms with Gasteiger partial charge in [-0.15, -0.1) is 0 Å². The number of likely N-dealkylation sites (tertiary alicyclic amines) is 1. The molecule has 1 saturated heterocycles. The molecular formula is C14H27N3O3. The van der Waals surface area contributed by atoms with E-state index in [4.69, 9.17) is 10.5 Å². The molecule has 116 valence electrons. The highest BCUT2D eigenvalue weighted by molar-refractivity contribution is 5.81. The van der Waals surface area contributed by atoms with E-state index in [9.17, 15) is 9.59 Å². The van der Waals surface area contributed by atoms with E-state index in [0.717, 1.165) is 12.8 Å². The van der Waals surface area contributed by atoms with Gasteiger partial charge in [0.2, 0.25) is 5.91 Å². The van der Waals surface area contributed by atoms with Crippen LogP contribution in [-0.2, 0) is 9.53 Å². The lowest BCUT2D eigenvalue weighted by molar-refractivity contribution is -0.134. The fourth-order valence-corrected chi connectivity index (χ4v) is 2.26. The second-order valence-electron chi connectivity index (χ2n) is 6.46. The average Bonchev–Trinajstić information content (AvgIpc) is 2.35. The molecule has 1 aliphatic rings. The Hall–Kier alpha value is -1.30. The average molecular weight is 285 g/mol. The van der Waals surface area contributed by atoms with E-state index in [1.54, 1.807) is 23.8 Å². The first-order valence-electron chi connectivity index (χ1n) is 7.12. The van der Waals surface area contributed by atoms with Crippen molar-refractivity contribution < 1.29 is 14.3 Å². The standard InChI is InChI=1S/C14H27N3O3/c1-10(15)12(18)16(5)11-7-6-8-17(9-11)13(19)20-14(2,3)4/h10-11H,6-9,15H2,1-5H3/t10-,11?/m0/s1. The largest absolute Gasteiger partial charge is 0.444 e. The molecule has 2 atom stereocenters. The molecule has 6 heteroatoms. The van der Waals surface area contributed by atoms with E-state index in [1.807, 2.05) is 20.8 Å². The quantitative estimate of drug-likeness (QED) is 0.827. The monoisotopic (exact) mass is 285 g/mol. The molecule has 0 aliphatic carbocycles. The highest BCUT2D eigenvalue weighted by atomic mass is 16.6. The molecule has 0 spiro atoms. The Morgan fingerprint density at radius 1 is 1.40 bits per heavy atom. The molecule has 6 nitrogen and oxygen atoms in total. The van der Waals surface area contributed by atoms with Crippen LogP contribution in [0.2, 0.25) is 0 Å². The van der Waals surface area contributed by atoms with Gasteiger partial charge in [-0.3, -0.25) is 4.79 Å². The van der Waals surface area contributed by atoms with Gasteiger partial charge in [0.15, 0.2) is 0 Å². The van der Waals surface area contributed by atoms with Crippen molar-refractivity contribution in [1.82, 2.24) is 9.80 Å². The van der Waals surface area contributed by atoms with Crippen molar-refractivity contribution in [3.63, 3.8) is 0 Å². The Bertz CT molecular complexity index is 363. The Morgan fingerprint density at radius 3 is 2.50 bits per heavy atom. The Kier molecular flexibility index (Phi) is 5.39. The Morgan fingerprint density at radius 2 is 2.00 bits per heavy atom. The number of likely N-dealkylation sites (N-methyl/N-ethyl adjacent to an activating group) is 1. The summed E-state index contributed by atoms with van der Waals surface area (Å²) in [7, 11) is 1.74. The summed E-state index contributed by atoms with van der Waals surface area (Å²) in [6.45, 7) is 8.39. The summed E-state index contributed by atoms with van der Waals surface area (Å²) in [5.41, 5.74) is 5.12. The summed E-state index contributed by atoms with van der Waals surface area (Å²) in [6, 6.07) is -0.508. The van der Waals surface area contributed by atoms with Crippen LogP contribution < -0.4 is 5.73 Å². The lowest BCUT2D eigenvalue weighted by atomic mass is 10.0. The van der Waals surface area contributed by atoms with E-state index in [1.165, 1.54) is 0 Å². The first kappa shape index (κ1) is 16.8. The first-order chi connectivity index (χ1) is 9.11. The number of hydrogen-bond donors (Lipinski definition) is 1. The van der Waals surface area contributed by atoms with Crippen molar-refractivity contribution in [2.45, 2.75) is 58.2 Å². The number of carbonyl (C=O) groups excluding carboxylic acids is 2. The number of hydrogen-bond acceptors (Lipinski definition) is 4. The smallest absolute Gasteiger partial charge is 0.410 e. The third kappa shape index (κ3) is 4.67. The van der Waals surface area contributed by atoms with Gasteiger partial charge >= 0.3 is 6.09 Å². The van der Waals surface area contributed by atoms with E-state index >= 15 is 0 Å². The molecule has 1 aliphatic heterocycles. The minimum Gasteiger partial charge on any atom is -0.444 e. The fraction of sp³-hybridized carbons (Fsp3) is 0.857. The van der Waals surface area contributed by atoms with Crippen molar-refractivity contribution >= 4 is 12.0 Å². The molecule has 1 heterocycles. The van der Waals surface area contributed by atoms with E-state index in [2.05, 4.69) is 0 Å². The maximum Gasteiger partial charge on any atom is 0.410 e. The van der Waals surface area contributed by atoms with Crippen LogP contribution >= 0.6 is 0 Å². The predicted octanol–water partition coefficient (Wildman–Crippen LogP) is 1.19. The minimum atomic E-state index is -0.517. The zero-order valence-corrected chi connectivity index (χ0v) is 13.2. The van der Waals surface area contributed by atoms with Crippen LogP contribution in [0.3, 0.4) is 0 Å². The molecule has 0 bridgehead atoms. The van der Waals surface area contributed by atoms with Crippen LogP contribution in [0, 0.1) is 0 Å². The van der Waals surface area contributed by atoms with E-state index < -0.39 is 11.6 Å². The van der Waals surface area contributed by atoms with Gasteiger partial charge < -0.3 is 20.3 Å². The van der Waals surface area contributed by atoms with Crippen LogP contribution in [0.15, 0.2) is 0 Å². The molecule has 2 N–H and O–H groups in total. The van der Waals surface area contributed by atoms with Gasteiger partial charge in [0, 0.05) is 26.2 Å². The fourth-order valence-electron chi connectivity index (χ4n) is 2.26. The maximum absolute atomic E-state index is 12.1. The number of piperidine rings is 1. The van der Waals surface area contributed by atoms with Crippen LogP contribution in [0.1, 0.15) is 40.5 Å². The van der Waals surface area contributed by atoms with Gasteiger partial charge in [-0.05, 0) is 40.5 Å². The summed E-state index contributed by atoms with van der Waals surface area (Å²) in [5, 5.41) is 0. The molecule has 2 amide bonds. The van der Waals surface area contributed by atoms with Crippen molar-refractivity contribution in [2.24, 2.45) is 5.73 Å². The molecule has 20 heavy (non-hydrogen) atoms. The summed E-state index contributed by atoms with van der Waals surface area (Å²) in [6.07, 6.45) is 1.43. The summed E-state index contributed by atoms with van der Waals surface area (Å²) < 4.78 is 5.37. The third-order valence-electron chi connectivity index (χ3n) is 3.33. The predicted molar refractivity (Wildman–Crippen MR) is 77.2 cm³/mol. The van der Waals surface area contributed by atoms with Crippen LogP contribution in [0.5, 0.6) is 0 Å². The van der Waals surface area contributed by atoms with E-state index in [-0.39, 0.29) is 18.0 Å². The van der Waals surface area contributed by atoms with Crippen LogP contribution in [0.25, 0.3) is 0 Å². The second kappa shape index (κ2) is 6.43. The zero-order chi connectivity index (χ0) is 15.5. The Balaban J connectivity index is 2.63. The van der Waals surface area contributed by atoms with Gasteiger partial charge in [-0.1, -0.05) is 0 Å². The topological polar surface area (TPSA) is 75.9 Å². The highest BCUT2D eigenvalue weighted by Gasteiger charge is 2.31. The normalized spacial score (nSPS) is 21.3. The van der Waals surface area contributed by atoms with Gasteiger partial charge in [0.05, 0.1) is 6.04 Å². The number of nitrogens with two attached hydrogens (primary N) is 1. The SMILES string of the molecule is C[C@H](N)C(=O)N(C)C1CCCN(C(=O)OC(C)(C)C)C1. The number of ether oxygens (including phenoxy) is 1. The van der Waals surface area contributed by atoms with Crippen molar-refractivity contribution in [2.75, 3.05) is 20.1 Å². The maximum atomic E-state index is 12.1. The molecule has 0 aromatic rings. The van der Waals surface area contributed by atoms with E-state index in [0.29, 0.717) is 13.1 Å². The Labute approximate surface area is 121 Å². The summed E-state index contributed by atoms with van der Waals surface area (Å²) >= 11 is 0. The number of carbonyl (C=O) groups is 2. The van der Waals surface area contributed by atoms with Crippen molar-refractivity contribution in [3.05, 3.63) is 0 Å². The first-order valence-corrected chi connectivity index (χ1v) is 7.12. The zero-order valence-electron chi connectivity index (χ0n) is 13.2. The lowest BCUT2D eigenvalue weighted by Gasteiger charge is -2.38. The molecule has 1 unspecified atom stereocenters. The third-order valence-corrected chi connectivity index (χ3v) is 3.33. The molecule has 0 aromatic carbocycles. The highest BCUT2D eigenvalue weighted by Crippen LogP contribution is 2.18. The second-order valence-corrected chi connectivity index (χ2v) is 6.46. The van der Waals surface area contributed by atoms with Gasteiger partial charge in [0.25, 0.3) is 0 Å². The molecule has 0 saturated carbocycles. The van der Waals surface area contributed by atoms with Crippen LogP contribution in [-0.4, -0.2) is 59.6 Å². The number of amides is 2. The number of nitrogens with zero attached hydrogens (tertiary/aromatic N) is 2. The van der Waals surface area contributed by atoms with Gasteiger partial charge in [-0.25, -0.2) is 4.79 Å². The van der Waals surface area contributed by atoms with Gasteiger partial charge in [0.1, 0.15) is 5.60 Å². The van der Waals surface area contributed by atoms with Crippen molar-refractivity contribution in [1.29, 1.82) is 0 Å². The van der Waals surface area contributed by atoms with Crippen molar-refractivity contribution in [3.8, 4) is 0 Å². The van der Waals surface area contributed by atoms with Gasteiger partial charge in [-0.2, -0.15) is 0 Å². The lowest BCUT2D eigenvalue weighted by Crippen LogP contribution is -2.53. The molecule has 1 rings (SSSR count). The molecule has 0 radical (unpaired) electrons. The molecule has 1 fully saturated rings. The van der Waals surface area contributed by atoms with Crippen LogP contribution in [0.4, 0.5) is 4.79 Å².